The molecule has 0 radical (unpaired) electrons. The van der Waals surface area contributed by atoms with Crippen molar-refractivity contribution >= 4 is 23.7 Å². The largest absolute Gasteiger partial charge is 0.405 e. The van der Waals surface area contributed by atoms with Crippen molar-refractivity contribution in [1.82, 2.24) is 25.2 Å². The summed E-state index contributed by atoms with van der Waals surface area (Å²) in [6.45, 7) is 5.94. The molecule has 0 spiro atoms. The summed E-state index contributed by atoms with van der Waals surface area (Å²) < 4.78 is 93.6. The summed E-state index contributed by atoms with van der Waals surface area (Å²) in [6, 6.07) is 0.444. The Balaban J connectivity index is 1.97. The molecule has 42 heavy (non-hydrogen) atoms. The van der Waals surface area contributed by atoms with E-state index in [0.717, 1.165) is 12.5 Å². The molecular weight excluding hydrogens is 573 g/mol. The summed E-state index contributed by atoms with van der Waals surface area (Å²) in [5.74, 6) is -5.78. The van der Waals surface area contributed by atoms with Crippen molar-refractivity contribution in [3.8, 4) is 0 Å². The molecule has 0 aliphatic heterocycles. The monoisotopic (exact) mass is 606 g/mol. The lowest BCUT2D eigenvalue weighted by atomic mass is 9.81. The summed E-state index contributed by atoms with van der Waals surface area (Å²) >= 11 is 0. The lowest BCUT2D eigenvalue weighted by Crippen LogP contribution is -2.37. The number of imidazole rings is 1. The molecule has 3 rings (SSSR count). The number of halogens is 7. The summed E-state index contributed by atoms with van der Waals surface area (Å²) in [7, 11) is 0. The number of carbonyl (C=O) groups is 1. The molecule has 0 bridgehead atoms. The summed E-state index contributed by atoms with van der Waals surface area (Å²) in [5.41, 5.74) is 6.12. The van der Waals surface area contributed by atoms with Crippen molar-refractivity contribution in [2.45, 2.75) is 82.5 Å². The molecule has 2 aromatic rings. The Kier molecular flexibility index (Phi) is 10.5. The van der Waals surface area contributed by atoms with Gasteiger partial charge in [-0.1, -0.05) is 6.58 Å². The Morgan fingerprint density at radius 1 is 1.29 bits per heavy atom. The highest BCUT2D eigenvalue weighted by Crippen LogP contribution is 2.41. The predicted molar refractivity (Wildman–Crippen MR) is 143 cm³/mol. The SMILES string of the molecule is C=C(N[C@H](c1cn2ncc(C(CC(F)F)C(=O)NCC(F)(F)F)cc2n1)C1CCC(F)(F)CC1)C(N=CN)=NC(C)C. The van der Waals surface area contributed by atoms with E-state index in [1.165, 1.54) is 16.8 Å². The fourth-order valence-corrected chi connectivity index (χ4v) is 4.72. The lowest BCUT2D eigenvalue weighted by molar-refractivity contribution is -0.139. The number of fused-ring (bicyclic) bond motifs is 1. The molecule has 4 N–H and O–H groups in total. The first-order valence-electron chi connectivity index (χ1n) is 13.2. The molecule has 2 atom stereocenters. The molecule has 0 saturated heterocycles. The van der Waals surface area contributed by atoms with E-state index in [4.69, 9.17) is 5.73 Å². The first kappa shape index (κ1) is 32.8. The number of aliphatic imine (C=N–C) groups is 2. The Labute approximate surface area is 237 Å². The van der Waals surface area contributed by atoms with E-state index in [-0.39, 0.29) is 60.4 Å². The first-order valence-corrected chi connectivity index (χ1v) is 13.2. The van der Waals surface area contributed by atoms with Crippen LogP contribution in [0.1, 0.15) is 69.2 Å². The Bertz CT molecular complexity index is 1300. The Morgan fingerprint density at radius 3 is 2.52 bits per heavy atom. The first-order chi connectivity index (χ1) is 19.6. The van der Waals surface area contributed by atoms with Crippen LogP contribution in [-0.2, 0) is 4.79 Å². The van der Waals surface area contributed by atoms with Gasteiger partial charge in [-0.15, -0.1) is 0 Å². The molecule has 1 aliphatic carbocycles. The van der Waals surface area contributed by atoms with Gasteiger partial charge in [-0.05, 0) is 44.2 Å². The van der Waals surface area contributed by atoms with Gasteiger partial charge in [-0.2, -0.15) is 18.3 Å². The maximum Gasteiger partial charge on any atom is 0.405 e. The maximum absolute atomic E-state index is 14.0. The standard InChI is InChI=1S/C26H33F7N8O/c1-14(2)38-23(36-13-34)15(3)39-22(16-4-6-25(29,30)7-5-16)19-11-41-21(40-19)8-17(10-37-41)18(9-20(27)28)24(42)35-12-26(31,32)33/h8,10-11,13-14,16,18,20,22,39H,3-7,9,12H2,1-2H3,(H,35,42)(H2,34,36,38)/t18?,22-/m0/s1. The summed E-state index contributed by atoms with van der Waals surface area (Å²) in [6.07, 6.45) is -5.47. The number of nitrogens with one attached hydrogen (secondary N) is 2. The number of carbonyl (C=O) groups excluding carboxylic acids is 1. The fraction of sp³-hybridized carbons (Fsp3) is 0.577. The molecule has 16 heteroatoms. The smallest absolute Gasteiger partial charge is 0.390 e. The molecule has 1 unspecified atom stereocenters. The van der Waals surface area contributed by atoms with Gasteiger partial charge in [0, 0.05) is 25.3 Å². The van der Waals surface area contributed by atoms with Gasteiger partial charge in [-0.25, -0.2) is 32.1 Å². The molecular formula is C26H33F7N8O. The topological polar surface area (TPSA) is 122 Å². The average Bonchev–Trinajstić information content (AvgIpc) is 3.31. The maximum atomic E-state index is 14.0. The van der Waals surface area contributed by atoms with Crippen LogP contribution in [0.5, 0.6) is 0 Å². The normalized spacial score (nSPS) is 18.1. The number of alkyl halides is 7. The highest BCUT2D eigenvalue weighted by atomic mass is 19.4. The van der Waals surface area contributed by atoms with Gasteiger partial charge < -0.3 is 16.4 Å². The number of rotatable bonds is 11. The molecule has 1 fully saturated rings. The molecule has 1 aliphatic rings. The predicted octanol–water partition coefficient (Wildman–Crippen LogP) is 4.91. The fourth-order valence-electron chi connectivity index (χ4n) is 4.72. The number of amides is 1. The number of aromatic nitrogens is 3. The molecule has 232 valence electrons. The quantitative estimate of drug-likeness (QED) is 0.191. The van der Waals surface area contributed by atoms with Gasteiger partial charge in [-0.3, -0.25) is 9.79 Å². The highest BCUT2D eigenvalue weighted by molar-refractivity contribution is 6.01. The zero-order chi connectivity index (χ0) is 31.2. The van der Waals surface area contributed by atoms with Crippen LogP contribution in [0.25, 0.3) is 5.65 Å². The van der Waals surface area contributed by atoms with Crippen LogP contribution in [0.15, 0.2) is 40.7 Å². The minimum Gasteiger partial charge on any atom is -0.390 e. The van der Waals surface area contributed by atoms with E-state index in [9.17, 15) is 35.5 Å². The van der Waals surface area contributed by atoms with Crippen molar-refractivity contribution in [2.24, 2.45) is 21.6 Å². The van der Waals surface area contributed by atoms with Crippen LogP contribution < -0.4 is 16.4 Å². The molecule has 1 amide bonds. The van der Waals surface area contributed by atoms with Gasteiger partial charge in [0.25, 0.3) is 0 Å². The minimum atomic E-state index is -4.73. The van der Waals surface area contributed by atoms with Crippen molar-refractivity contribution in [1.29, 1.82) is 0 Å². The average molecular weight is 607 g/mol. The van der Waals surface area contributed by atoms with Crippen LogP contribution in [0.3, 0.4) is 0 Å². The van der Waals surface area contributed by atoms with E-state index in [1.807, 2.05) is 13.8 Å². The van der Waals surface area contributed by atoms with Crippen LogP contribution in [0.2, 0.25) is 0 Å². The van der Waals surface area contributed by atoms with E-state index < -0.39 is 49.4 Å². The second-order valence-corrected chi connectivity index (χ2v) is 10.4. The number of nitrogens with two attached hydrogens (primary N) is 1. The lowest BCUT2D eigenvalue weighted by Gasteiger charge is -2.34. The van der Waals surface area contributed by atoms with E-state index in [0.29, 0.717) is 5.69 Å². The van der Waals surface area contributed by atoms with Gasteiger partial charge >= 0.3 is 6.18 Å². The third-order valence-electron chi connectivity index (χ3n) is 6.68. The third-order valence-corrected chi connectivity index (χ3v) is 6.68. The van der Waals surface area contributed by atoms with Crippen LogP contribution >= 0.6 is 0 Å². The van der Waals surface area contributed by atoms with Crippen molar-refractivity contribution in [3.05, 3.63) is 42.0 Å². The summed E-state index contributed by atoms with van der Waals surface area (Å²) in [5, 5.41) is 8.95. The van der Waals surface area contributed by atoms with Gasteiger partial charge in [0.2, 0.25) is 18.3 Å². The molecule has 9 nitrogen and oxygen atoms in total. The van der Waals surface area contributed by atoms with Gasteiger partial charge in [0.1, 0.15) is 6.54 Å². The van der Waals surface area contributed by atoms with Crippen molar-refractivity contribution < 1.29 is 35.5 Å². The second kappa shape index (κ2) is 13.5. The molecule has 2 aromatic heterocycles. The minimum absolute atomic E-state index is 0.0607. The highest BCUT2D eigenvalue weighted by Gasteiger charge is 2.39. The zero-order valence-corrected chi connectivity index (χ0v) is 23.0. The van der Waals surface area contributed by atoms with E-state index in [1.54, 1.807) is 5.32 Å². The van der Waals surface area contributed by atoms with Crippen LogP contribution in [0.4, 0.5) is 30.7 Å². The third kappa shape index (κ3) is 9.14. The number of hydrogen-bond donors (Lipinski definition) is 3. The van der Waals surface area contributed by atoms with Crippen LogP contribution in [-0.4, -0.2) is 63.8 Å². The van der Waals surface area contributed by atoms with Crippen molar-refractivity contribution in [3.63, 3.8) is 0 Å². The Hall–Kier alpha value is -3.72. The van der Waals surface area contributed by atoms with Crippen LogP contribution in [0, 0.1) is 5.92 Å². The second-order valence-electron chi connectivity index (χ2n) is 10.4. The summed E-state index contributed by atoms with van der Waals surface area (Å²) in [4.78, 5) is 25.4. The number of amidine groups is 1. The van der Waals surface area contributed by atoms with Crippen molar-refractivity contribution in [2.75, 3.05) is 6.54 Å². The van der Waals surface area contributed by atoms with Gasteiger partial charge in [0.15, 0.2) is 11.5 Å². The number of hydrogen-bond acceptors (Lipinski definition) is 5. The number of nitrogens with zero attached hydrogens (tertiary/aromatic N) is 5. The van der Waals surface area contributed by atoms with E-state index >= 15 is 0 Å². The van der Waals surface area contributed by atoms with E-state index in [2.05, 4.69) is 32.0 Å². The Morgan fingerprint density at radius 2 is 1.95 bits per heavy atom. The molecule has 2 heterocycles. The molecule has 0 aromatic carbocycles. The van der Waals surface area contributed by atoms with Gasteiger partial charge in [0.05, 0.1) is 42.1 Å². The molecule has 1 saturated carbocycles. The zero-order valence-electron chi connectivity index (χ0n) is 23.0.